The second-order valence-corrected chi connectivity index (χ2v) is 6.45. The molecule has 1 fully saturated rings. The van der Waals surface area contributed by atoms with E-state index in [4.69, 9.17) is 9.84 Å². The average Bonchev–Trinajstić information content (AvgIpc) is 2.82. The van der Waals surface area contributed by atoms with Crippen molar-refractivity contribution in [1.82, 2.24) is 4.90 Å². The van der Waals surface area contributed by atoms with Crippen molar-refractivity contribution in [2.45, 2.75) is 6.10 Å². The summed E-state index contributed by atoms with van der Waals surface area (Å²) in [4.78, 5) is 25.2. The van der Waals surface area contributed by atoms with Crippen LogP contribution in [0, 0.1) is 0 Å². The van der Waals surface area contributed by atoms with E-state index in [1.807, 2.05) is 12.1 Å². The number of carboxylic acids is 1. The number of hydrogen-bond acceptors (Lipinski definition) is 4. The maximum atomic E-state index is 11.9. The summed E-state index contributed by atoms with van der Waals surface area (Å²) in [6.45, 7) is 0.759. The van der Waals surface area contributed by atoms with E-state index in [1.165, 1.54) is 22.3 Å². The van der Waals surface area contributed by atoms with E-state index in [-0.39, 0.29) is 19.1 Å². The van der Waals surface area contributed by atoms with Crippen LogP contribution in [-0.4, -0.2) is 47.7 Å². The van der Waals surface area contributed by atoms with Gasteiger partial charge < -0.3 is 14.7 Å². The first-order chi connectivity index (χ1) is 9.06. The third-order valence-electron chi connectivity index (χ3n) is 2.64. The van der Waals surface area contributed by atoms with Crippen LogP contribution in [0.15, 0.2) is 22.0 Å². The summed E-state index contributed by atoms with van der Waals surface area (Å²) in [6.07, 6.45) is 2.26. The highest BCUT2D eigenvalue weighted by Gasteiger charge is 2.27. The monoisotopic (exact) mass is 345 g/mol. The molecule has 1 atom stereocenters. The Morgan fingerprint density at radius 1 is 1.53 bits per heavy atom. The predicted molar refractivity (Wildman–Crippen MR) is 75.0 cm³/mol. The van der Waals surface area contributed by atoms with E-state index in [9.17, 15) is 9.59 Å². The molecule has 0 saturated carbocycles. The molecule has 5 nitrogen and oxygen atoms in total. The second-order valence-electron chi connectivity index (χ2n) is 3.96. The van der Waals surface area contributed by atoms with Crippen molar-refractivity contribution in [3.8, 4) is 0 Å². The topological polar surface area (TPSA) is 66.8 Å². The molecule has 19 heavy (non-hydrogen) atoms. The number of hydrogen-bond donors (Lipinski definition) is 1. The minimum Gasteiger partial charge on any atom is -0.479 e. The number of thiophene rings is 1. The van der Waals surface area contributed by atoms with Crippen LogP contribution in [0.4, 0.5) is 0 Å². The first kappa shape index (κ1) is 14.2. The first-order valence-electron chi connectivity index (χ1n) is 5.63. The number of ether oxygens (including phenoxy) is 1. The zero-order chi connectivity index (χ0) is 13.8. The van der Waals surface area contributed by atoms with Crippen molar-refractivity contribution in [3.05, 3.63) is 26.9 Å². The summed E-state index contributed by atoms with van der Waals surface area (Å²) in [7, 11) is 0. The number of carboxylic acid groups (broad SMARTS) is 1. The Labute approximate surface area is 122 Å². The van der Waals surface area contributed by atoms with E-state index >= 15 is 0 Å². The minimum absolute atomic E-state index is 0.0899. The Morgan fingerprint density at radius 2 is 2.32 bits per heavy atom. The van der Waals surface area contributed by atoms with Gasteiger partial charge in [0.2, 0.25) is 5.91 Å². The Morgan fingerprint density at radius 3 is 2.95 bits per heavy atom. The molecule has 1 N–H and O–H groups in total. The maximum absolute atomic E-state index is 11.9. The third kappa shape index (κ3) is 3.89. The summed E-state index contributed by atoms with van der Waals surface area (Å²) >= 11 is 4.87. The third-order valence-corrected chi connectivity index (χ3v) is 4.23. The van der Waals surface area contributed by atoms with Gasteiger partial charge in [0.05, 0.1) is 16.9 Å². The van der Waals surface area contributed by atoms with E-state index in [0.29, 0.717) is 6.54 Å². The average molecular weight is 346 g/mol. The molecule has 1 aromatic rings. The van der Waals surface area contributed by atoms with Gasteiger partial charge in [-0.15, -0.1) is 11.3 Å². The van der Waals surface area contributed by atoms with Crippen LogP contribution in [0.2, 0.25) is 0 Å². The molecule has 0 spiro atoms. The molecule has 1 saturated heterocycles. The number of nitrogens with zero attached hydrogens (tertiary/aromatic N) is 1. The highest BCUT2D eigenvalue weighted by atomic mass is 79.9. The number of carbonyl (C=O) groups is 2. The number of halogens is 1. The largest absolute Gasteiger partial charge is 0.479 e. The quantitative estimate of drug-likeness (QED) is 0.848. The van der Waals surface area contributed by atoms with E-state index in [0.717, 1.165) is 8.66 Å². The number of morpholine rings is 1. The van der Waals surface area contributed by atoms with Gasteiger partial charge in [-0.05, 0) is 34.1 Å². The van der Waals surface area contributed by atoms with Crippen molar-refractivity contribution in [2.24, 2.45) is 0 Å². The summed E-state index contributed by atoms with van der Waals surface area (Å²) in [5.41, 5.74) is 0. The summed E-state index contributed by atoms with van der Waals surface area (Å²) in [5, 5.41) is 8.86. The molecular weight excluding hydrogens is 334 g/mol. The lowest BCUT2D eigenvalue weighted by Crippen LogP contribution is -2.48. The van der Waals surface area contributed by atoms with Crippen LogP contribution >= 0.6 is 27.3 Å². The zero-order valence-electron chi connectivity index (χ0n) is 9.91. The number of carbonyl (C=O) groups excluding carboxylic acids is 1. The molecule has 1 aromatic heterocycles. The smallest absolute Gasteiger partial charge is 0.334 e. The lowest BCUT2D eigenvalue weighted by molar-refractivity contribution is -0.158. The Balaban J connectivity index is 1.96. The van der Waals surface area contributed by atoms with Crippen LogP contribution < -0.4 is 0 Å². The normalized spacial score (nSPS) is 19.8. The molecule has 0 radical (unpaired) electrons. The van der Waals surface area contributed by atoms with E-state index in [1.54, 1.807) is 6.08 Å². The van der Waals surface area contributed by atoms with Crippen LogP contribution in [0.3, 0.4) is 0 Å². The maximum Gasteiger partial charge on any atom is 0.334 e. The fourth-order valence-corrected chi connectivity index (χ4v) is 3.00. The van der Waals surface area contributed by atoms with Gasteiger partial charge in [-0.3, -0.25) is 4.79 Å². The van der Waals surface area contributed by atoms with Crippen LogP contribution in [0.5, 0.6) is 0 Å². The van der Waals surface area contributed by atoms with Crippen molar-refractivity contribution in [3.63, 3.8) is 0 Å². The lowest BCUT2D eigenvalue weighted by Gasteiger charge is -2.30. The predicted octanol–water partition coefficient (Wildman–Crippen LogP) is 1.84. The second kappa shape index (κ2) is 6.31. The molecule has 1 aliphatic rings. The van der Waals surface area contributed by atoms with Crippen molar-refractivity contribution in [2.75, 3.05) is 19.7 Å². The summed E-state index contributed by atoms with van der Waals surface area (Å²) in [6, 6.07) is 3.81. The van der Waals surface area contributed by atoms with Gasteiger partial charge in [0.1, 0.15) is 0 Å². The highest BCUT2D eigenvalue weighted by molar-refractivity contribution is 9.11. The van der Waals surface area contributed by atoms with E-state index < -0.39 is 12.1 Å². The highest BCUT2D eigenvalue weighted by Crippen LogP contribution is 2.23. The standard InChI is InChI=1S/C12H12BrNO4S/c13-10-3-1-8(19-10)2-4-11(15)14-5-6-18-9(7-14)12(16)17/h1-4,9H,5-7H2,(H,16,17)/b4-2-/t9-/m0/s1. The minimum atomic E-state index is -1.04. The molecule has 7 heteroatoms. The van der Waals surface area contributed by atoms with Gasteiger partial charge in [-0.25, -0.2) is 4.79 Å². The lowest BCUT2D eigenvalue weighted by atomic mass is 10.2. The summed E-state index contributed by atoms with van der Waals surface area (Å²) in [5.74, 6) is -1.23. The fourth-order valence-electron chi connectivity index (χ4n) is 1.68. The van der Waals surface area contributed by atoms with Crippen molar-refractivity contribution < 1.29 is 19.4 Å². The molecule has 102 valence electrons. The first-order valence-corrected chi connectivity index (χ1v) is 7.24. The molecule has 0 aromatic carbocycles. The van der Waals surface area contributed by atoms with Gasteiger partial charge in [0, 0.05) is 17.5 Å². The van der Waals surface area contributed by atoms with Gasteiger partial charge in [0.25, 0.3) is 0 Å². The van der Waals surface area contributed by atoms with Gasteiger partial charge >= 0.3 is 5.97 Å². The molecule has 0 unspecified atom stereocenters. The Kier molecular flexibility index (Phi) is 4.73. The zero-order valence-corrected chi connectivity index (χ0v) is 12.3. The van der Waals surface area contributed by atoms with Crippen molar-refractivity contribution >= 4 is 45.2 Å². The molecule has 2 heterocycles. The molecule has 1 amide bonds. The molecule has 1 aliphatic heterocycles. The van der Waals surface area contributed by atoms with E-state index in [2.05, 4.69) is 15.9 Å². The van der Waals surface area contributed by atoms with Gasteiger partial charge in [-0.1, -0.05) is 0 Å². The molecular formula is C12H12BrNO4S. The molecule has 0 bridgehead atoms. The number of amides is 1. The number of aliphatic carboxylic acids is 1. The van der Waals surface area contributed by atoms with Crippen LogP contribution in [-0.2, 0) is 14.3 Å². The fraction of sp³-hybridized carbons (Fsp3) is 0.333. The van der Waals surface area contributed by atoms with Crippen molar-refractivity contribution in [1.29, 1.82) is 0 Å². The molecule has 2 rings (SSSR count). The van der Waals surface area contributed by atoms with Crippen LogP contribution in [0.25, 0.3) is 6.08 Å². The number of rotatable bonds is 3. The molecule has 0 aliphatic carbocycles. The van der Waals surface area contributed by atoms with Crippen LogP contribution in [0.1, 0.15) is 4.88 Å². The van der Waals surface area contributed by atoms with Gasteiger partial charge in [-0.2, -0.15) is 0 Å². The summed E-state index contributed by atoms with van der Waals surface area (Å²) < 4.78 is 6.06. The SMILES string of the molecule is O=C(O)[C@@H]1CN(C(=O)/C=C\c2ccc(Br)s2)CCO1. The Bertz CT molecular complexity index is 514. The van der Waals surface area contributed by atoms with Gasteiger partial charge in [0.15, 0.2) is 6.10 Å². The Hall–Kier alpha value is -1.18.